The third kappa shape index (κ3) is 3.75. The first-order valence-electron chi connectivity index (χ1n) is 9.85. The second kappa shape index (κ2) is 8.39. The molecule has 2 aromatic carbocycles. The van der Waals surface area contributed by atoms with E-state index in [1.807, 2.05) is 60.3 Å². The second-order valence-corrected chi connectivity index (χ2v) is 8.37. The first kappa shape index (κ1) is 20.3. The zero-order chi connectivity index (χ0) is 21.3. The molecule has 8 heteroatoms. The van der Waals surface area contributed by atoms with E-state index in [4.69, 9.17) is 14.5 Å². The van der Waals surface area contributed by atoms with Crippen molar-refractivity contribution in [2.24, 2.45) is 0 Å². The zero-order valence-corrected chi connectivity index (χ0v) is 18.5. The summed E-state index contributed by atoms with van der Waals surface area (Å²) in [6.45, 7) is 2.84. The highest BCUT2D eigenvalue weighted by Crippen LogP contribution is 2.40. The Balaban J connectivity index is 1.46. The number of piperazine rings is 1. The van der Waals surface area contributed by atoms with Crippen molar-refractivity contribution in [2.45, 2.75) is 0 Å². The van der Waals surface area contributed by atoms with Crippen LogP contribution in [0.1, 0.15) is 10.4 Å². The lowest BCUT2D eigenvalue weighted by atomic mass is 10.1. The normalized spacial score (nSPS) is 14.1. The van der Waals surface area contributed by atoms with Crippen molar-refractivity contribution in [3.8, 4) is 11.5 Å². The maximum atomic E-state index is 12.9. The number of ether oxygens (including phenoxy) is 2. The number of hydrogen-bond acceptors (Lipinski definition) is 7. The molecule has 3 aromatic rings. The maximum Gasteiger partial charge on any atom is 0.253 e. The minimum atomic E-state index is 0.0793. The molecule has 30 heavy (non-hydrogen) atoms. The van der Waals surface area contributed by atoms with Gasteiger partial charge in [0.15, 0.2) is 16.6 Å². The number of aromatic nitrogens is 1. The fourth-order valence-corrected chi connectivity index (χ4v) is 4.63. The maximum absolute atomic E-state index is 12.9. The van der Waals surface area contributed by atoms with Crippen molar-refractivity contribution in [1.29, 1.82) is 0 Å². The van der Waals surface area contributed by atoms with Crippen LogP contribution < -0.4 is 19.3 Å². The summed E-state index contributed by atoms with van der Waals surface area (Å²) in [5, 5.41) is 0.944. The summed E-state index contributed by atoms with van der Waals surface area (Å²) in [5.74, 6) is 1.42. The quantitative estimate of drug-likeness (QED) is 0.624. The van der Waals surface area contributed by atoms with Gasteiger partial charge in [-0.3, -0.25) is 4.79 Å². The number of benzene rings is 2. The van der Waals surface area contributed by atoms with Crippen LogP contribution in [0.5, 0.6) is 11.5 Å². The molecule has 0 aliphatic carbocycles. The summed E-state index contributed by atoms with van der Waals surface area (Å²) in [4.78, 5) is 23.8. The van der Waals surface area contributed by atoms with Gasteiger partial charge >= 0.3 is 0 Å². The van der Waals surface area contributed by atoms with Gasteiger partial charge in [0, 0.05) is 51.5 Å². The van der Waals surface area contributed by atoms with Gasteiger partial charge in [0.2, 0.25) is 0 Å². The van der Waals surface area contributed by atoms with Crippen molar-refractivity contribution in [1.82, 2.24) is 9.88 Å². The number of anilines is 2. The summed E-state index contributed by atoms with van der Waals surface area (Å²) >= 11 is 1.63. The molecule has 1 fully saturated rings. The van der Waals surface area contributed by atoms with E-state index < -0.39 is 0 Å². The molecule has 0 unspecified atom stereocenters. The van der Waals surface area contributed by atoms with Gasteiger partial charge in [-0.1, -0.05) is 11.3 Å². The third-order valence-electron chi connectivity index (χ3n) is 5.36. The zero-order valence-electron chi connectivity index (χ0n) is 17.7. The van der Waals surface area contributed by atoms with Crippen LogP contribution in [0.25, 0.3) is 10.2 Å². The average Bonchev–Trinajstić information content (AvgIpc) is 3.22. The molecule has 0 atom stereocenters. The molecule has 1 amide bonds. The van der Waals surface area contributed by atoms with E-state index in [0.717, 1.165) is 39.7 Å². The van der Waals surface area contributed by atoms with Crippen molar-refractivity contribution >= 4 is 38.3 Å². The van der Waals surface area contributed by atoms with E-state index in [0.29, 0.717) is 24.6 Å². The summed E-state index contributed by atoms with van der Waals surface area (Å²) in [7, 11) is 7.24. The highest BCUT2D eigenvalue weighted by molar-refractivity contribution is 7.22. The molecule has 0 bridgehead atoms. The van der Waals surface area contributed by atoms with Gasteiger partial charge in [0.1, 0.15) is 5.52 Å². The standard InChI is InChI=1S/C22H26N4O3S/c1-24(2)16-7-5-15(6-8-16)21(27)25-11-13-26(14-12-25)22-23-19-18(30-22)10-9-17(28-3)20(19)29-4/h5-10H,11-14H2,1-4H3. The first-order chi connectivity index (χ1) is 14.5. The molecule has 158 valence electrons. The molecule has 0 saturated carbocycles. The van der Waals surface area contributed by atoms with Crippen molar-refractivity contribution in [3.63, 3.8) is 0 Å². The summed E-state index contributed by atoms with van der Waals surface area (Å²) < 4.78 is 12.0. The van der Waals surface area contributed by atoms with Gasteiger partial charge in [-0.25, -0.2) is 4.98 Å². The Bertz CT molecular complexity index is 1040. The highest BCUT2D eigenvalue weighted by atomic mass is 32.1. The van der Waals surface area contributed by atoms with Crippen LogP contribution in [0.15, 0.2) is 36.4 Å². The lowest BCUT2D eigenvalue weighted by Crippen LogP contribution is -2.48. The lowest BCUT2D eigenvalue weighted by Gasteiger charge is -2.34. The Morgan fingerprint density at radius 3 is 2.30 bits per heavy atom. The minimum Gasteiger partial charge on any atom is -0.493 e. The predicted octanol–water partition coefficient (Wildman–Crippen LogP) is 3.34. The summed E-state index contributed by atoms with van der Waals surface area (Å²) in [6.07, 6.45) is 0. The van der Waals surface area contributed by atoms with Crippen molar-refractivity contribution in [2.75, 3.05) is 64.3 Å². The number of carbonyl (C=O) groups is 1. The number of hydrogen-bond donors (Lipinski definition) is 0. The topological polar surface area (TPSA) is 58.1 Å². The fraction of sp³-hybridized carbons (Fsp3) is 0.364. The Morgan fingerprint density at radius 1 is 1.00 bits per heavy atom. The molecule has 7 nitrogen and oxygen atoms in total. The van der Waals surface area contributed by atoms with Crippen LogP contribution in [-0.2, 0) is 0 Å². The molecule has 1 aliphatic rings. The average molecular weight is 427 g/mol. The van der Waals surface area contributed by atoms with Crippen molar-refractivity contribution in [3.05, 3.63) is 42.0 Å². The predicted molar refractivity (Wildman–Crippen MR) is 122 cm³/mol. The Labute approximate surface area is 180 Å². The smallest absolute Gasteiger partial charge is 0.253 e. The minimum absolute atomic E-state index is 0.0793. The Morgan fingerprint density at radius 2 is 1.70 bits per heavy atom. The molecule has 4 rings (SSSR count). The molecule has 0 spiro atoms. The van der Waals surface area contributed by atoms with Gasteiger partial charge in [-0.05, 0) is 36.4 Å². The van der Waals surface area contributed by atoms with Crippen LogP contribution in [0.3, 0.4) is 0 Å². The van der Waals surface area contributed by atoms with Gasteiger partial charge in [0.05, 0.1) is 18.9 Å². The van der Waals surface area contributed by atoms with E-state index >= 15 is 0 Å². The van der Waals surface area contributed by atoms with Crippen LogP contribution >= 0.6 is 11.3 Å². The van der Waals surface area contributed by atoms with Crippen molar-refractivity contribution < 1.29 is 14.3 Å². The second-order valence-electron chi connectivity index (χ2n) is 7.36. The van der Waals surface area contributed by atoms with Gasteiger partial charge in [-0.2, -0.15) is 0 Å². The molecule has 2 heterocycles. The van der Waals surface area contributed by atoms with E-state index in [9.17, 15) is 4.79 Å². The van der Waals surface area contributed by atoms with Crippen LogP contribution in [0, 0.1) is 0 Å². The molecule has 1 aromatic heterocycles. The van der Waals surface area contributed by atoms with E-state index in [1.165, 1.54) is 0 Å². The Kier molecular flexibility index (Phi) is 5.67. The van der Waals surface area contributed by atoms with Gasteiger partial charge < -0.3 is 24.2 Å². The lowest BCUT2D eigenvalue weighted by molar-refractivity contribution is 0.0747. The first-order valence-corrected chi connectivity index (χ1v) is 10.7. The molecule has 0 N–H and O–H groups in total. The number of amides is 1. The SMILES string of the molecule is COc1ccc2sc(N3CCN(C(=O)c4ccc(N(C)C)cc4)CC3)nc2c1OC. The molecular formula is C22H26N4O3S. The van der Waals surface area contributed by atoms with Gasteiger partial charge in [0.25, 0.3) is 5.91 Å². The summed E-state index contributed by atoms with van der Waals surface area (Å²) in [6, 6.07) is 11.7. The highest BCUT2D eigenvalue weighted by Gasteiger charge is 2.25. The molecular weight excluding hydrogens is 400 g/mol. The van der Waals surface area contributed by atoms with Crippen LogP contribution in [0.4, 0.5) is 10.8 Å². The third-order valence-corrected chi connectivity index (χ3v) is 6.44. The fourth-order valence-electron chi connectivity index (χ4n) is 3.62. The monoisotopic (exact) mass is 426 g/mol. The van der Waals surface area contributed by atoms with E-state index in [2.05, 4.69) is 4.90 Å². The van der Waals surface area contributed by atoms with E-state index in [-0.39, 0.29) is 5.91 Å². The largest absolute Gasteiger partial charge is 0.493 e. The summed E-state index contributed by atoms with van der Waals surface area (Å²) in [5.41, 5.74) is 2.63. The Hall–Kier alpha value is -3.00. The number of nitrogens with zero attached hydrogens (tertiary/aromatic N) is 4. The van der Waals surface area contributed by atoms with E-state index in [1.54, 1.807) is 25.6 Å². The number of thiazole rings is 1. The molecule has 0 radical (unpaired) electrons. The number of methoxy groups -OCH3 is 2. The van der Waals surface area contributed by atoms with Crippen LogP contribution in [0.2, 0.25) is 0 Å². The van der Waals surface area contributed by atoms with Crippen LogP contribution in [-0.4, -0.2) is 70.3 Å². The van der Waals surface area contributed by atoms with Gasteiger partial charge in [-0.15, -0.1) is 0 Å². The number of rotatable bonds is 5. The number of fused-ring (bicyclic) bond motifs is 1. The molecule has 1 aliphatic heterocycles. The molecule has 1 saturated heterocycles. The number of carbonyl (C=O) groups excluding carboxylic acids is 1.